The molecule has 0 spiro atoms. The quantitative estimate of drug-likeness (QED) is 0.749. The van der Waals surface area contributed by atoms with Crippen molar-refractivity contribution in [2.45, 2.75) is 32.5 Å². The molecule has 0 aromatic carbocycles. The summed E-state index contributed by atoms with van der Waals surface area (Å²) in [6.45, 7) is 6.98. The Kier molecular flexibility index (Phi) is 4.04. The summed E-state index contributed by atoms with van der Waals surface area (Å²) in [5.74, 6) is -0.102. The Bertz CT molecular complexity index is 485. The normalized spacial score (nSPS) is 22.4. The molecule has 2 rings (SSSR count). The number of ether oxygens (including phenoxy) is 1. The van der Waals surface area contributed by atoms with Gasteiger partial charge in [-0.1, -0.05) is 23.2 Å². The van der Waals surface area contributed by atoms with E-state index < -0.39 is 0 Å². The van der Waals surface area contributed by atoms with Crippen molar-refractivity contribution in [1.82, 2.24) is 9.88 Å². The fourth-order valence-electron chi connectivity index (χ4n) is 2.38. The molecule has 0 aliphatic carbocycles. The summed E-state index contributed by atoms with van der Waals surface area (Å²) in [6.07, 6.45) is 0.000445. The van der Waals surface area contributed by atoms with Gasteiger partial charge >= 0.3 is 0 Å². The average molecular weight is 303 g/mol. The molecule has 1 atom stereocenters. The van der Waals surface area contributed by atoms with Crippen molar-refractivity contribution in [3.8, 4) is 0 Å². The highest BCUT2D eigenvalue weighted by molar-refractivity contribution is 6.33. The first kappa shape index (κ1) is 14.6. The van der Waals surface area contributed by atoms with Crippen molar-refractivity contribution in [3.05, 3.63) is 28.0 Å². The van der Waals surface area contributed by atoms with Crippen LogP contribution in [0.25, 0.3) is 0 Å². The summed E-state index contributed by atoms with van der Waals surface area (Å²) in [5, 5.41) is 0.438. The highest BCUT2D eigenvalue weighted by atomic mass is 35.5. The number of hydrogen-bond donors (Lipinski definition) is 0. The van der Waals surface area contributed by atoms with Crippen LogP contribution < -0.4 is 0 Å². The van der Waals surface area contributed by atoms with Gasteiger partial charge in [0, 0.05) is 18.7 Å². The van der Waals surface area contributed by atoms with E-state index in [0.717, 1.165) is 0 Å². The van der Waals surface area contributed by atoms with Gasteiger partial charge in [0.1, 0.15) is 10.3 Å². The number of pyridine rings is 1. The lowest BCUT2D eigenvalue weighted by Crippen LogP contribution is -2.53. The first-order valence-corrected chi connectivity index (χ1v) is 6.82. The van der Waals surface area contributed by atoms with Gasteiger partial charge in [0.2, 0.25) is 0 Å². The molecule has 1 aromatic rings. The molecule has 1 aromatic heterocycles. The summed E-state index contributed by atoms with van der Waals surface area (Å²) in [7, 11) is 0. The second kappa shape index (κ2) is 5.27. The molecule has 0 saturated carbocycles. The number of morpholine rings is 1. The minimum Gasteiger partial charge on any atom is -0.369 e. The van der Waals surface area contributed by atoms with Gasteiger partial charge in [-0.3, -0.25) is 4.79 Å². The lowest BCUT2D eigenvalue weighted by Gasteiger charge is -2.41. The van der Waals surface area contributed by atoms with Gasteiger partial charge in [0.15, 0.2) is 0 Å². The Balaban J connectivity index is 2.23. The number of hydrogen-bond acceptors (Lipinski definition) is 3. The summed E-state index contributed by atoms with van der Waals surface area (Å²) in [6, 6.07) is 3.06. The van der Waals surface area contributed by atoms with E-state index >= 15 is 0 Å². The monoisotopic (exact) mass is 302 g/mol. The largest absolute Gasteiger partial charge is 0.369 e. The van der Waals surface area contributed by atoms with Gasteiger partial charge in [0.25, 0.3) is 5.91 Å². The predicted octanol–water partition coefficient (Wildman–Crippen LogP) is 3.03. The molecule has 6 heteroatoms. The lowest BCUT2D eigenvalue weighted by molar-refractivity contribution is -0.118. The molecule has 19 heavy (non-hydrogen) atoms. The van der Waals surface area contributed by atoms with Crippen molar-refractivity contribution in [3.63, 3.8) is 0 Å². The van der Waals surface area contributed by atoms with Crippen LogP contribution in [0.5, 0.6) is 0 Å². The van der Waals surface area contributed by atoms with Crippen LogP contribution in [0.4, 0.5) is 0 Å². The molecule has 0 bridgehead atoms. The van der Waals surface area contributed by atoms with Gasteiger partial charge in [-0.25, -0.2) is 4.98 Å². The maximum Gasteiger partial charge on any atom is 0.254 e. The van der Waals surface area contributed by atoms with Crippen molar-refractivity contribution in [2.75, 3.05) is 13.1 Å². The van der Waals surface area contributed by atoms with Crippen LogP contribution in [0.15, 0.2) is 12.1 Å². The molecular weight excluding hydrogens is 287 g/mol. The smallest absolute Gasteiger partial charge is 0.254 e. The molecule has 1 aliphatic rings. The maximum atomic E-state index is 12.5. The Morgan fingerprint density at radius 3 is 2.53 bits per heavy atom. The molecule has 1 saturated heterocycles. The lowest BCUT2D eigenvalue weighted by atomic mass is 10.0. The molecule has 1 fully saturated rings. The molecular formula is C13H16Cl2N2O2. The Hall–Kier alpha value is -0.840. The third-order valence-corrected chi connectivity index (χ3v) is 3.25. The van der Waals surface area contributed by atoms with Crippen molar-refractivity contribution < 1.29 is 9.53 Å². The first-order chi connectivity index (χ1) is 8.77. The van der Waals surface area contributed by atoms with Crippen LogP contribution in [-0.4, -0.2) is 40.6 Å². The maximum absolute atomic E-state index is 12.5. The summed E-state index contributed by atoms with van der Waals surface area (Å²) in [4.78, 5) is 18.1. The van der Waals surface area contributed by atoms with E-state index in [1.54, 1.807) is 4.90 Å². The van der Waals surface area contributed by atoms with Gasteiger partial charge in [0.05, 0.1) is 11.7 Å². The van der Waals surface area contributed by atoms with Crippen molar-refractivity contribution in [2.24, 2.45) is 0 Å². The molecule has 0 radical (unpaired) electrons. The molecule has 1 aliphatic heterocycles. The fourth-order valence-corrected chi connectivity index (χ4v) is 2.84. The van der Waals surface area contributed by atoms with Crippen LogP contribution in [-0.2, 0) is 4.74 Å². The van der Waals surface area contributed by atoms with Crippen molar-refractivity contribution >= 4 is 29.1 Å². The second-order valence-corrected chi connectivity index (χ2v) is 6.15. The number of nitrogens with zero attached hydrogens (tertiary/aromatic N) is 2. The van der Waals surface area contributed by atoms with E-state index in [1.807, 2.05) is 20.8 Å². The van der Waals surface area contributed by atoms with Gasteiger partial charge in [-0.15, -0.1) is 0 Å². The van der Waals surface area contributed by atoms with E-state index in [4.69, 9.17) is 27.9 Å². The van der Waals surface area contributed by atoms with E-state index in [-0.39, 0.29) is 27.9 Å². The highest BCUT2D eigenvalue weighted by Crippen LogP contribution is 2.23. The molecule has 104 valence electrons. The topological polar surface area (TPSA) is 42.4 Å². The van der Waals surface area contributed by atoms with E-state index in [1.165, 1.54) is 12.1 Å². The number of rotatable bonds is 1. The molecule has 1 unspecified atom stereocenters. The number of amides is 1. The summed E-state index contributed by atoms with van der Waals surface area (Å²) >= 11 is 11.7. The van der Waals surface area contributed by atoms with Crippen LogP contribution in [0.1, 0.15) is 31.1 Å². The minimum atomic E-state index is -0.353. The number of carbonyl (C=O) groups is 1. The highest BCUT2D eigenvalue weighted by Gasteiger charge is 2.34. The molecule has 0 N–H and O–H groups in total. The Labute approximate surface area is 122 Å². The summed E-state index contributed by atoms with van der Waals surface area (Å²) < 4.78 is 5.78. The summed E-state index contributed by atoms with van der Waals surface area (Å²) in [5.41, 5.74) is 0.100. The predicted molar refractivity (Wildman–Crippen MR) is 74.8 cm³/mol. The average Bonchev–Trinajstić information content (AvgIpc) is 2.23. The zero-order chi connectivity index (χ0) is 14.2. The molecule has 1 amide bonds. The van der Waals surface area contributed by atoms with Gasteiger partial charge < -0.3 is 9.64 Å². The van der Waals surface area contributed by atoms with E-state index in [2.05, 4.69) is 4.98 Å². The van der Waals surface area contributed by atoms with Crippen LogP contribution in [0.2, 0.25) is 10.3 Å². The Morgan fingerprint density at radius 2 is 2.00 bits per heavy atom. The number of halogens is 2. The van der Waals surface area contributed by atoms with Crippen LogP contribution in [0, 0.1) is 0 Å². The van der Waals surface area contributed by atoms with Gasteiger partial charge in [-0.2, -0.15) is 0 Å². The van der Waals surface area contributed by atoms with Gasteiger partial charge in [-0.05, 0) is 32.9 Å². The van der Waals surface area contributed by atoms with E-state index in [0.29, 0.717) is 18.7 Å². The molecule has 2 heterocycles. The van der Waals surface area contributed by atoms with Crippen LogP contribution >= 0.6 is 23.2 Å². The second-order valence-electron chi connectivity index (χ2n) is 5.38. The number of carbonyl (C=O) groups excluding carboxylic acids is 1. The fraction of sp³-hybridized carbons (Fsp3) is 0.538. The molecule has 4 nitrogen and oxygen atoms in total. The Morgan fingerprint density at radius 1 is 1.42 bits per heavy atom. The third kappa shape index (κ3) is 3.59. The first-order valence-electron chi connectivity index (χ1n) is 6.07. The third-order valence-electron chi connectivity index (χ3n) is 2.87. The zero-order valence-electron chi connectivity index (χ0n) is 11.1. The van der Waals surface area contributed by atoms with E-state index in [9.17, 15) is 4.79 Å². The minimum absolute atomic E-state index is 0.000445. The van der Waals surface area contributed by atoms with Crippen molar-refractivity contribution in [1.29, 1.82) is 0 Å². The zero-order valence-corrected chi connectivity index (χ0v) is 12.6. The standard InChI is InChI=1S/C13H16Cl2N2O2/c1-8-6-17(7-13(2,3)19-8)12(18)9-4-10(14)16-11(15)5-9/h4-5,8H,6-7H2,1-3H3. The number of aromatic nitrogens is 1. The SMILES string of the molecule is CC1CN(C(=O)c2cc(Cl)nc(Cl)c2)CC(C)(C)O1. The van der Waals surface area contributed by atoms with Crippen LogP contribution in [0.3, 0.4) is 0 Å².